The average Bonchev–Trinajstić information content (AvgIpc) is 2.46. The Balaban J connectivity index is 2.14. The summed E-state index contributed by atoms with van der Waals surface area (Å²) in [5.41, 5.74) is 3.54. The van der Waals surface area contributed by atoms with Crippen LogP contribution in [-0.4, -0.2) is 11.7 Å². The van der Waals surface area contributed by atoms with Gasteiger partial charge >= 0.3 is 0 Å². The Labute approximate surface area is 118 Å². The summed E-state index contributed by atoms with van der Waals surface area (Å²) < 4.78 is 14.0. The molecule has 1 aliphatic heterocycles. The second-order valence-electron chi connectivity index (χ2n) is 5.23. The number of anilines is 2. The van der Waals surface area contributed by atoms with E-state index in [2.05, 4.69) is 17.0 Å². The Hall–Kier alpha value is -1.87. The molecular weight excluding hydrogens is 253 g/mol. The third-order valence-corrected chi connectivity index (χ3v) is 3.85. The van der Waals surface area contributed by atoms with Crippen molar-refractivity contribution >= 4 is 11.4 Å². The van der Waals surface area contributed by atoms with Crippen LogP contribution in [-0.2, 0) is 6.42 Å². The van der Waals surface area contributed by atoms with Crippen molar-refractivity contribution in [2.24, 2.45) is 0 Å². The first-order chi connectivity index (χ1) is 9.68. The Bertz CT molecular complexity index is 624. The molecule has 1 heterocycles. The van der Waals surface area contributed by atoms with Crippen LogP contribution in [0.15, 0.2) is 42.5 Å². The van der Waals surface area contributed by atoms with Crippen LogP contribution >= 0.6 is 0 Å². The highest BCUT2D eigenvalue weighted by Gasteiger charge is 2.23. The second kappa shape index (κ2) is 5.25. The minimum absolute atomic E-state index is 0.347. The SMILES string of the molecule is CC(O)c1c(F)cccc1N1CCCc2ccccc21. The number of aryl methyl sites for hydroxylation is 1. The van der Waals surface area contributed by atoms with Gasteiger partial charge in [-0.1, -0.05) is 24.3 Å². The summed E-state index contributed by atoms with van der Waals surface area (Å²) in [6.07, 6.45) is 1.26. The maximum absolute atomic E-state index is 14.0. The van der Waals surface area contributed by atoms with E-state index in [9.17, 15) is 9.50 Å². The molecule has 0 spiro atoms. The van der Waals surface area contributed by atoms with Crippen LogP contribution < -0.4 is 4.90 Å². The number of hydrogen-bond donors (Lipinski definition) is 1. The lowest BCUT2D eigenvalue weighted by Crippen LogP contribution is -2.26. The highest BCUT2D eigenvalue weighted by molar-refractivity contribution is 5.70. The zero-order chi connectivity index (χ0) is 14.1. The van der Waals surface area contributed by atoms with E-state index in [-0.39, 0.29) is 5.82 Å². The Kier molecular flexibility index (Phi) is 3.45. The van der Waals surface area contributed by atoms with Gasteiger partial charge in [-0.3, -0.25) is 0 Å². The first-order valence-electron chi connectivity index (χ1n) is 7.00. The number of nitrogens with zero attached hydrogens (tertiary/aromatic N) is 1. The number of hydrogen-bond acceptors (Lipinski definition) is 2. The maximum atomic E-state index is 14.0. The molecule has 0 saturated heterocycles. The molecule has 2 aromatic rings. The molecule has 104 valence electrons. The first-order valence-corrected chi connectivity index (χ1v) is 7.00. The molecular formula is C17H18FNO. The molecule has 0 aliphatic carbocycles. The fraction of sp³-hybridized carbons (Fsp3) is 0.294. The molecule has 0 radical (unpaired) electrons. The summed E-state index contributed by atoms with van der Waals surface area (Å²) in [4.78, 5) is 2.12. The second-order valence-corrected chi connectivity index (χ2v) is 5.23. The predicted octanol–water partition coefficient (Wildman–Crippen LogP) is 3.96. The molecule has 1 unspecified atom stereocenters. The lowest BCUT2D eigenvalue weighted by molar-refractivity contribution is 0.194. The van der Waals surface area contributed by atoms with Crippen LogP contribution in [0.2, 0.25) is 0 Å². The summed E-state index contributed by atoms with van der Waals surface area (Å²) in [6.45, 7) is 2.46. The quantitative estimate of drug-likeness (QED) is 0.893. The summed E-state index contributed by atoms with van der Waals surface area (Å²) in [5.74, 6) is -0.347. The molecule has 0 bridgehead atoms. The van der Waals surface area contributed by atoms with Gasteiger partial charge in [-0.2, -0.15) is 0 Å². The summed E-state index contributed by atoms with van der Waals surface area (Å²) >= 11 is 0. The van der Waals surface area contributed by atoms with Crippen molar-refractivity contribution in [3.05, 3.63) is 59.4 Å². The molecule has 1 aliphatic rings. The van der Waals surface area contributed by atoms with E-state index in [4.69, 9.17) is 0 Å². The minimum atomic E-state index is -0.819. The standard InChI is InChI=1S/C17H18FNO/c1-12(20)17-14(18)8-4-10-16(17)19-11-5-7-13-6-2-3-9-15(13)19/h2-4,6,8-10,12,20H,5,7,11H2,1H3. The van der Waals surface area contributed by atoms with Gasteiger partial charge < -0.3 is 10.0 Å². The zero-order valence-corrected chi connectivity index (χ0v) is 11.5. The molecule has 0 aromatic heterocycles. The molecule has 0 saturated carbocycles. The van der Waals surface area contributed by atoms with E-state index in [1.807, 2.05) is 18.2 Å². The van der Waals surface area contributed by atoms with Gasteiger partial charge in [0.15, 0.2) is 0 Å². The van der Waals surface area contributed by atoms with Crippen LogP contribution in [0.25, 0.3) is 0 Å². The van der Waals surface area contributed by atoms with Crippen molar-refractivity contribution in [3.63, 3.8) is 0 Å². The fourth-order valence-electron chi connectivity index (χ4n) is 2.96. The van der Waals surface area contributed by atoms with Gasteiger partial charge in [-0.05, 0) is 43.5 Å². The van der Waals surface area contributed by atoms with Crippen LogP contribution in [0.5, 0.6) is 0 Å². The smallest absolute Gasteiger partial charge is 0.131 e. The van der Waals surface area contributed by atoms with Crippen molar-refractivity contribution in [1.29, 1.82) is 0 Å². The number of aliphatic hydroxyl groups is 1. The number of para-hydroxylation sites is 1. The molecule has 1 N–H and O–H groups in total. The van der Waals surface area contributed by atoms with Gasteiger partial charge in [0.05, 0.1) is 6.10 Å². The predicted molar refractivity (Wildman–Crippen MR) is 78.8 cm³/mol. The number of fused-ring (bicyclic) bond motifs is 1. The third kappa shape index (κ3) is 2.18. The van der Waals surface area contributed by atoms with Crippen molar-refractivity contribution in [1.82, 2.24) is 0 Å². The summed E-state index contributed by atoms with van der Waals surface area (Å²) in [7, 11) is 0. The molecule has 2 nitrogen and oxygen atoms in total. The van der Waals surface area contributed by atoms with Gasteiger partial charge in [0.2, 0.25) is 0 Å². The molecule has 0 amide bonds. The third-order valence-electron chi connectivity index (χ3n) is 3.85. The van der Waals surface area contributed by atoms with E-state index >= 15 is 0 Å². The molecule has 0 fully saturated rings. The van der Waals surface area contributed by atoms with Crippen LogP contribution in [0, 0.1) is 5.82 Å². The normalized spacial score (nSPS) is 15.8. The number of rotatable bonds is 2. The highest BCUT2D eigenvalue weighted by atomic mass is 19.1. The van der Waals surface area contributed by atoms with Crippen molar-refractivity contribution in [3.8, 4) is 0 Å². The Morgan fingerprint density at radius 2 is 1.85 bits per heavy atom. The maximum Gasteiger partial charge on any atom is 0.131 e. The number of halogens is 1. The first kappa shape index (κ1) is 13.1. The molecule has 3 rings (SSSR count). The molecule has 1 atom stereocenters. The minimum Gasteiger partial charge on any atom is -0.389 e. The van der Waals surface area contributed by atoms with Crippen molar-refractivity contribution in [2.75, 3.05) is 11.4 Å². The van der Waals surface area contributed by atoms with E-state index in [1.54, 1.807) is 13.0 Å². The van der Waals surface area contributed by atoms with Gasteiger partial charge in [0.1, 0.15) is 5.82 Å². The molecule has 2 aromatic carbocycles. The van der Waals surface area contributed by atoms with E-state index in [1.165, 1.54) is 11.6 Å². The summed E-state index contributed by atoms with van der Waals surface area (Å²) in [5, 5.41) is 9.90. The van der Waals surface area contributed by atoms with Crippen LogP contribution in [0.1, 0.15) is 30.6 Å². The zero-order valence-electron chi connectivity index (χ0n) is 11.5. The van der Waals surface area contributed by atoms with Gasteiger partial charge in [-0.15, -0.1) is 0 Å². The monoisotopic (exact) mass is 271 g/mol. The number of benzene rings is 2. The van der Waals surface area contributed by atoms with Crippen molar-refractivity contribution in [2.45, 2.75) is 25.9 Å². The molecule has 20 heavy (non-hydrogen) atoms. The van der Waals surface area contributed by atoms with Crippen LogP contribution in [0.4, 0.5) is 15.8 Å². The van der Waals surface area contributed by atoms with Gasteiger partial charge in [0.25, 0.3) is 0 Å². The Morgan fingerprint density at radius 3 is 2.65 bits per heavy atom. The largest absolute Gasteiger partial charge is 0.389 e. The number of aliphatic hydroxyl groups excluding tert-OH is 1. The van der Waals surface area contributed by atoms with Gasteiger partial charge in [-0.25, -0.2) is 4.39 Å². The lowest BCUT2D eigenvalue weighted by atomic mass is 9.99. The topological polar surface area (TPSA) is 23.5 Å². The Morgan fingerprint density at radius 1 is 1.10 bits per heavy atom. The van der Waals surface area contributed by atoms with E-state index in [0.717, 1.165) is 30.8 Å². The van der Waals surface area contributed by atoms with Crippen molar-refractivity contribution < 1.29 is 9.50 Å². The highest BCUT2D eigenvalue weighted by Crippen LogP contribution is 2.37. The van der Waals surface area contributed by atoms with E-state index in [0.29, 0.717) is 5.56 Å². The lowest BCUT2D eigenvalue weighted by Gasteiger charge is -2.33. The fourth-order valence-corrected chi connectivity index (χ4v) is 2.96. The summed E-state index contributed by atoms with van der Waals surface area (Å²) in [6, 6.07) is 13.2. The van der Waals surface area contributed by atoms with Crippen LogP contribution in [0.3, 0.4) is 0 Å². The van der Waals surface area contributed by atoms with Gasteiger partial charge in [0, 0.05) is 23.5 Å². The van der Waals surface area contributed by atoms with E-state index < -0.39 is 6.10 Å². The molecule has 3 heteroatoms. The average molecular weight is 271 g/mol.